The maximum atomic E-state index is 5.25. The largest absolute Gasteiger partial charge is 0.497 e. The van der Waals surface area contributed by atoms with E-state index in [4.69, 9.17) is 4.74 Å². The van der Waals surface area contributed by atoms with Gasteiger partial charge in [-0.15, -0.1) is 0 Å². The molecule has 1 N–H and O–H groups in total. The standard InChI is InChI=1S/C19H23NO/c1-20-19(15-9-11-18(21-2)12-10-15)17-8-7-14-5-3-4-6-16(14)13-17/h3-6,9-12,17,19-20H,7-8,13H2,1-2H3. The van der Waals surface area contributed by atoms with Crippen LogP contribution in [0.3, 0.4) is 0 Å². The van der Waals surface area contributed by atoms with Gasteiger partial charge in [0.2, 0.25) is 0 Å². The van der Waals surface area contributed by atoms with Gasteiger partial charge in [-0.25, -0.2) is 0 Å². The van der Waals surface area contributed by atoms with Crippen LogP contribution in [0.2, 0.25) is 0 Å². The Hall–Kier alpha value is -1.80. The Balaban J connectivity index is 1.80. The Labute approximate surface area is 127 Å². The topological polar surface area (TPSA) is 21.3 Å². The van der Waals surface area contributed by atoms with Gasteiger partial charge in [0.05, 0.1) is 7.11 Å². The van der Waals surface area contributed by atoms with Crippen molar-refractivity contribution in [3.05, 3.63) is 65.2 Å². The molecule has 2 unspecified atom stereocenters. The van der Waals surface area contributed by atoms with Crippen LogP contribution in [0.25, 0.3) is 0 Å². The normalized spacial score (nSPS) is 18.9. The van der Waals surface area contributed by atoms with Crippen LogP contribution >= 0.6 is 0 Å². The lowest BCUT2D eigenvalue weighted by Crippen LogP contribution is -2.29. The molecular weight excluding hydrogens is 258 g/mol. The van der Waals surface area contributed by atoms with Crippen molar-refractivity contribution in [2.24, 2.45) is 5.92 Å². The quantitative estimate of drug-likeness (QED) is 0.921. The van der Waals surface area contributed by atoms with Gasteiger partial charge in [0.25, 0.3) is 0 Å². The SMILES string of the molecule is CNC(c1ccc(OC)cc1)C1CCc2ccccc2C1. The highest BCUT2D eigenvalue weighted by atomic mass is 16.5. The summed E-state index contributed by atoms with van der Waals surface area (Å²) in [6.45, 7) is 0. The Morgan fingerprint density at radius 1 is 1.05 bits per heavy atom. The van der Waals surface area contributed by atoms with Crippen molar-refractivity contribution in [1.29, 1.82) is 0 Å². The van der Waals surface area contributed by atoms with Crippen molar-refractivity contribution in [2.45, 2.75) is 25.3 Å². The van der Waals surface area contributed by atoms with E-state index in [0.717, 1.165) is 12.2 Å². The summed E-state index contributed by atoms with van der Waals surface area (Å²) in [5.74, 6) is 1.57. The monoisotopic (exact) mass is 281 g/mol. The highest BCUT2D eigenvalue weighted by Crippen LogP contribution is 2.34. The molecule has 21 heavy (non-hydrogen) atoms. The molecule has 0 saturated heterocycles. The summed E-state index contributed by atoms with van der Waals surface area (Å²) in [6.07, 6.45) is 3.59. The molecule has 0 spiro atoms. The van der Waals surface area contributed by atoms with Crippen LogP contribution < -0.4 is 10.1 Å². The maximum absolute atomic E-state index is 5.25. The van der Waals surface area contributed by atoms with Gasteiger partial charge in [-0.1, -0.05) is 36.4 Å². The van der Waals surface area contributed by atoms with E-state index in [9.17, 15) is 0 Å². The molecule has 0 saturated carbocycles. The number of hydrogen-bond acceptors (Lipinski definition) is 2. The van der Waals surface area contributed by atoms with Crippen LogP contribution in [-0.2, 0) is 12.8 Å². The zero-order chi connectivity index (χ0) is 14.7. The first-order valence-corrected chi connectivity index (χ1v) is 7.70. The number of benzene rings is 2. The molecule has 1 aliphatic rings. The molecule has 1 aliphatic carbocycles. The summed E-state index contributed by atoms with van der Waals surface area (Å²) < 4.78 is 5.25. The molecule has 0 heterocycles. The summed E-state index contributed by atoms with van der Waals surface area (Å²) in [6, 6.07) is 17.7. The van der Waals surface area contributed by atoms with Crippen LogP contribution in [0.1, 0.15) is 29.2 Å². The Bertz CT molecular complexity index is 591. The third-order valence-corrected chi connectivity index (χ3v) is 4.64. The van der Waals surface area contributed by atoms with Crippen molar-refractivity contribution >= 4 is 0 Å². The van der Waals surface area contributed by atoms with E-state index < -0.39 is 0 Å². The summed E-state index contributed by atoms with van der Waals surface area (Å²) in [7, 11) is 3.78. The summed E-state index contributed by atoms with van der Waals surface area (Å²) in [4.78, 5) is 0. The molecule has 3 rings (SSSR count). The van der Waals surface area contributed by atoms with Crippen molar-refractivity contribution in [1.82, 2.24) is 5.32 Å². The average molecular weight is 281 g/mol. The Kier molecular flexibility index (Phi) is 4.26. The second-order valence-electron chi connectivity index (χ2n) is 5.81. The fourth-order valence-corrected chi connectivity index (χ4v) is 3.50. The summed E-state index contributed by atoms with van der Waals surface area (Å²) in [5.41, 5.74) is 4.39. The molecular formula is C19H23NO. The fraction of sp³-hybridized carbons (Fsp3) is 0.368. The van der Waals surface area contributed by atoms with Crippen LogP contribution in [0.4, 0.5) is 0 Å². The number of nitrogens with one attached hydrogen (secondary N) is 1. The molecule has 2 atom stereocenters. The van der Waals surface area contributed by atoms with Crippen LogP contribution in [0.5, 0.6) is 5.75 Å². The molecule has 0 aliphatic heterocycles. The van der Waals surface area contributed by atoms with E-state index in [1.54, 1.807) is 7.11 Å². The molecule has 2 nitrogen and oxygen atoms in total. The van der Waals surface area contributed by atoms with E-state index in [1.807, 2.05) is 0 Å². The first-order chi connectivity index (χ1) is 10.3. The van der Waals surface area contributed by atoms with Gasteiger partial charge in [0.1, 0.15) is 5.75 Å². The molecule has 2 aromatic carbocycles. The molecule has 110 valence electrons. The lowest BCUT2D eigenvalue weighted by molar-refractivity contribution is 0.341. The first-order valence-electron chi connectivity index (χ1n) is 7.70. The summed E-state index contributed by atoms with van der Waals surface area (Å²) in [5, 5.41) is 3.52. The number of ether oxygens (including phenoxy) is 1. The van der Waals surface area contributed by atoms with Crippen LogP contribution in [0.15, 0.2) is 48.5 Å². The minimum absolute atomic E-state index is 0.407. The number of aryl methyl sites for hydroxylation is 1. The minimum Gasteiger partial charge on any atom is -0.497 e. The number of methoxy groups -OCH3 is 1. The highest BCUT2D eigenvalue weighted by molar-refractivity contribution is 5.33. The Morgan fingerprint density at radius 2 is 1.76 bits per heavy atom. The number of hydrogen-bond donors (Lipinski definition) is 1. The van der Waals surface area contributed by atoms with Gasteiger partial charge >= 0.3 is 0 Å². The van der Waals surface area contributed by atoms with Gasteiger partial charge in [-0.3, -0.25) is 0 Å². The average Bonchev–Trinajstić information content (AvgIpc) is 2.56. The Morgan fingerprint density at radius 3 is 2.43 bits per heavy atom. The third kappa shape index (κ3) is 2.96. The van der Waals surface area contributed by atoms with Gasteiger partial charge in [0, 0.05) is 6.04 Å². The zero-order valence-electron chi connectivity index (χ0n) is 12.8. The van der Waals surface area contributed by atoms with Gasteiger partial charge < -0.3 is 10.1 Å². The van der Waals surface area contributed by atoms with Crippen LogP contribution in [-0.4, -0.2) is 14.2 Å². The van der Waals surface area contributed by atoms with Gasteiger partial charge in [-0.05, 0) is 61.1 Å². The minimum atomic E-state index is 0.407. The van der Waals surface area contributed by atoms with Crippen molar-refractivity contribution in [2.75, 3.05) is 14.2 Å². The zero-order valence-corrected chi connectivity index (χ0v) is 12.8. The second-order valence-corrected chi connectivity index (χ2v) is 5.81. The molecule has 0 amide bonds. The number of fused-ring (bicyclic) bond motifs is 1. The molecule has 0 aromatic heterocycles. The molecule has 0 radical (unpaired) electrons. The van der Waals surface area contributed by atoms with E-state index in [2.05, 4.69) is 60.9 Å². The third-order valence-electron chi connectivity index (χ3n) is 4.64. The predicted molar refractivity (Wildman–Crippen MR) is 86.8 cm³/mol. The van der Waals surface area contributed by atoms with Crippen molar-refractivity contribution in [3.63, 3.8) is 0 Å². The lowest BCUT2D eigenvalue weighted by Gasteiger charge is -2.32. The van der Waals surface area contributed by atoms with E-state index in [-0.39, 0.29) is 0 Å². The predicted octanol–water partition coefficient (Wildman–Crippen LogP) is 3.76. The lowest BCUT2D eigenvalue weighted by atomic mass is 9.78. The molecule has 0 bridgehead atoms. The maximum Gasteiger partial charge on any atom is 0.118 e. The van der Waals surface area contributed by atoms with E-state index in [0.29, 0.717) is 12.0 Å². The molecule has 2 aromatic rings. The van der Waals surface area contributed by atoms with Gasteiger partial charge in [-0.2, -0.15) is 0 Å². The van der Waals surface area contributed by atoms with Crippen LogP contribution in [0, 0.1) is 5.92 Å². The first kappa shape index (κ1) is 14.2. The van der Waals surface area contributed by atoms with Crippen molar-refractivity contribution < 1.29 is 4.74 Å². The van der Waals surface area contributed by atoms with Gasteiger partial charge in [0.15, 0.2) is 0 Å². The highest BCUT2D eigenvalue weighted by Gasteiger charge is 2.26. The van der Waals surface area contributed by atoms with Crippen molar-refractivity contribution in [3.8, 4) is 5.75 Å². The second kappa shape index (κ2) is 6.31. The summed E-state index contributed by atoms with van der Waals surface area (Å²) >= 11 is 0. The van der Waals surface area contributed by atoms with E-state index in [1.165, 1.54) is 29.5 Å². The molecule has 0 fully saturated rings. The molecule has 2 heteroatoms. The smallest absolute Gasteiger partial charge is 0.118 e. The van der Waals surface area contributed by atoms with E-state index >= 15 is 0 Å². The number of rotatable bonds is 4. The fourth-order valence-electron chi connectivity index (χ4n) is 3.50.